The molecule has 1 amide bonds. The van der Waals surface area contributed by atoms with Crippen molar-refractivity contribution in [3.05, 3.63) is 48.2 Å². The van der Waals surface area contributed by atoms with Crippen molar-refractivity contribution in [1.29, 1.82) is 5.26 Å². The quantitative estimate of drug-likeness (QED) is 0.886. The molecule has 1 aromatic carbocycles. The predicted octanol–water partition coefficient (Wildman–Crippen LogP) is 1.98. The van der Waals surface area contributed by atoms with E-state index in [-0.39, 0.29) is 12.5 Å². The van der Waals surface area contributed by atoms with E-state index in [0.29, 0.717) is 18.7 Å². The Morgan fingerprint density at radius 3 is 2.84 bits per heavy atom. The lowest BCUT2D eigenvalue weighted by Crippen LogP contribution is -2.13. The third-order valence-electron chi connectivity index (χ3n) is 2.62. The second-order valence-electron chi connectivity index (χ2n) is 4.09. The molecule has 19 heavy (non-hydrogen) atoms. The summed E-state index contributed by atoms with van der Waals surface area (Å²) in [4.78, 5) is 11.7. The molecule has 1 N–H and O–H groups in total. The number of benzene rings is 1. The van der Waals surface area contributed by atoms with Crippen molar-refractivity contribution in [1.82, 2.24) is 9.78 Å². The molecular weight excluding hydrogens is 240 g/mol. The van der Waals surface area contributed by atoms with E-state index >= 15 is 0 Å². The highest BCUT2D eigenvalue weighted by atomic mass is 16.1. The van der Waals surface area contributed by atoms with Crippen molar-refractivity contribution in [2.75, 3.05) is 5.32 Å². The smallest absolute Gasteiger partial charge is 0.225 e. The maximum absolute atomic E-state index is 11.7. The monoisotopic (exact) mass is 254 g/mol. The summed E-state index contributed by atoms with van der Waals surface area (Å²) in [7, 11) is 0. The Morgan fingerprint density at radius 1 is 1.32 bits per heavy atom. The fourth-order valence-corrected chi connectivity index (χ4v) is 1.70. The van der Waals surface area contributed by atoms with Crippen LogP contribution in [0.1, 0.15) is 12.0 Å². The lowest BCUT2D eigenvalue weighted by atomic mass is 10.1. The summed E-state index contributed by atoms with van der Waals surface area (Å²) >= 11 is 0. The van der Waals surface area contributed by atoms with Crippen molar-refractivity contribution in [3.8, 4) is 6.07 Å². The van der Waals surface area contributed by atoms with Gasteiger partial charge in [-0.2, -0.15) is 10.4 Å². The van der Waals surface area contributed by atoms with Crippen LogP contribution in [0.3, 0.4) is 0 Å². The Balaban J connectivity index is 1.82. The molecule has 5 nitrogen and oxygen atoms in total. The molecule has 0 fully saturated rings. The summed E-state index contributed by atoms with van der Waals surface area (Å²) in [6.45, 7) is 0.180. The van der Waals surface area contributed by atoms with Crippen LogP contribution in [0, 0.1) is 11.3 Å². The largest absolute Gasteiger partial charge is 0.309 e. The Kier molecular flexibility index (Phi) is 4.29. The first-order chi connectivity index (χ1) is 9.28. The number of nitrogens with one attached hydrogen (secondary N) is 1. The molecule has 0 radical (unpaired) electrons. The van der Waals surface area contributed by atoms with Crippen LogP contribution in [0.25, 0.3) is 0 Å². The topological polar surface area (TPSA) is 70.7 Å². The summed E-state index contributed by atoms with van der Waals surface area (Å²) in [6.07, 6.45) is 2.77. The van der Waals surface area contributed by atoms with Crippen LogP contribution in [0.15, 0.2) is 42.6 Å². The molecule has 1 aromatic heterocycles. The van der Waals surface area contributed by atoms with Crippen LogP contribution in [-0.2, 0) is 17.8 Å². The minimum absolute atomic E-state index is 0.0777. The number of carbonyl (C=O) groups is 1. The summed E-state index contributed by atoms with van der Waals surface area (Å²) in [5, 5.41) is 15.3. The third-order valence-corrected chi connectivity index (χ3v) is 2.62. The van der Waals surface area contributed by atoms with Gasteiger partial charge in [-0.15, -0.1) is 0 Å². The van der Waals surface area contributed by atoms with Gasteiger partial charge in [0, 0.05) is 18.7 Å². The Bertz CT molecular complexity index is 583. The van der Waals surface area contributed by atoms with Gasteiger partial charge in [0.05, 0.1) is 6.07 Å². The number of anilines is 1. The maximum Gasteiger partial charge on any atom is 0.225 e. The molecule has 0 saturated heterocycles. The normalized spacial score (nSPS) is 9.84. The number of nitriles is 1. The van der Waals surface area contributed by atoms with E-state index in [1.165, 1.54) is 4.68 Å². The van der Waals surface area contributed by atoms with Gasteiger partial charge >= 0.3 is 0 Å². The minimum Gasteiger partial charge on any atom is -0.309 e. The molecule has 96 valence electrons. The fraction of sp³-hybridized carbons (Fsp3) is 0.214. The number of nitrogens with zero attached hydrogens (tertiary/aromatic N) is 3. The van der Waals surface area contributed by atoms with Gasteiger partial charge in [-0.05, 0) is 12.0 Å². The molecule has 5 heteroatoms. The summed E-state index contributed by atoms with van der Waals surface area (Å²) in [5.74, 6) is 0.402. The van der Waals surface area contributed by atoms with E-state index in [4.69, 9.17) is 5.26 Å². The van der Waals surface area contributed by atoms with E-state index < -0.39 is 0 Å². The molecule has 0 aliphatic heterocycles. The zero-order valence-corrected chi connectivity index (χ0v) is 10.4. The molecule has 0 aliphatic rings. The fourth-order valence-electron chi connectivity index (χ4n) is 1.70. The highest BCUT2D eigenvalue weighted by Gasteiger charge is 2.05. The van der Waals surface area contributed by atoms with Crippen LogP contribution in [0.5, 0.6) is 0 Å². The van der Waals surface area contributed by atoms with Gasteiger partial charge in [-0.3, -0.25) is 9.48 Å². The number of hydrogen-bond acceptors (Lipinski definition) is 3. The number of hydrogen-bond donors (Lipinski definition) is 1. The molecule has 1 heterocycles. The first-order valence-corrected chi connectivity index (χ1v) is 6.02. The second-order valence-corrected chi connectivity index (χ2v) is 4.09. The third kappa shape index (κ3) is 3.96. The van der Waals surface area contributed by atoms with Gasteiger partial charge in [0.15, 0.2) is 5.82 Å². The highest BCUT2D eigenvalue weighted by Crippen LogP contribution is 2.06. The first kappa shape index (κ1) is 12.8. The molecular formula is C14H14N4O. The number of amides is 1. The van der Waals surface area contributed by atoms with Crippen molar-refractivity contribution in [2.24, 2.45) is 0 Å². The summed E-state index contributed by atoms with van der Waals surface area (Å²) in [5.41, 5.74) is 1.13. The summed E-state index contributed by atoms with van der Waals surface area (Å²) in [6, 6.07) is 13.5. The van der Waals surface area contributed by atoms with Crippen molar-refractivity contribution in [3.63, 3.8) is 0 Å². The van der Waals surface area contributed by atoms with Crippen LogP contribution in [0.4, 0.5) is 5.82 Å². The van der Waals surface area contributed by atoms with Gasteiger partial charge in [-0.25, -0.2) is 0 Å². The molecule has 0 unspecified atom stereocenters. The number of aryl methyl sites for hydroxylation is 1. The van der Waals surface area contributed by atoms with Gasteiger partial charge in [0.1, 0.15) is 6.54 Å². The van der Waals surface area contributed by atoms with Gasteiger partial charge < -0.3 is 5.32 Å². The number of rotatable bonds is 5. The molecule has 0 aliphatic carbocycles. The standard InChI is InChI=1S/C14H14N4O/c15-9-11-18-10-8-13(17-18)16-14(19)7-6-12-4-2-1-3-5-12/h1-5,8,10H,6-7,11H2,(H,16,17,19). The van der Waals surface area contributed by atoms with E-state index in [1.54, 1.807) is 12.3 Å². The van der Waals surface area contributed by atoms with Gasteiger partial charge in [-0.1, -0.05) is 30.3 Å². The zero-order chi connectivity index (χ0) is 13.5. The lowest BCUT2D eigenvalue weighted by Gasteiger charge is -2.02. The van der Waals surface area contributed by atoms with Crippen molar-refractivity contribution < 1.29 is 4.79 Å². The molecule has 0 atom stereocenters. The van der Waals surface area contributed by atoms with E-state index in [9.17, 15) is 4.79 Å². The first-order valence-electron chi connectivity index (χ1n) is 6.02. The Morgan fingerprint density at radius 2 is 2.11 bits per heavy atom. The number of carbonyl (C=O) groups excluding carboxylic acids is 1. The van der Waals surface area contributed by atoms with E-state index in [2.05, 4.69) is 10.4 Å². The minimum atomic E-state index is -0.0777. The lowest BCUT2D eigenvalue weighted by molar-refractivity contribution is -0.116. The summed E-state index contributed by atoms with van der Waals surface area (Å²) < 4.78 is 1.48. The average Bonchev–Trinajstić information content (AvgIpc) is 2.85. The van der Waals surface area contributed by atoms with Gasteiger partial charge in [0.25, 0.3) is 0 Å². The van der Waals surface area contributed by atoms with Crippen molar-refractivity contribution >= 4 is 11.7 Å². The van der Waals surface area contributed by atoms with Crippen molar-refractivity contribution in [2.45, 2.75) is 19.4 Å². The molecule has 0 bridgehead atoms. The Labute approximate surface area is 111 Å². The predicted molar refractivity (Wildman–Crippen MR) is 71.2 cm³/mol. The van der Waals surface area contributed by atoms with Gasteiger partial charge in [0.2, 0.25) is 5.91 Å². The van der Waals surface area contributed by atoms with Crippen LogP contribution >= 0.6 is 0 Å². The van der Waals surface area contributed by atoms with Crippen LogP contribution in [-0.4, -0.2) is 15.7 Å². The zero-order valence-electron chi connectivity index (χ0n) is 10.4. The molecule has 0 spiro atoms. The van der Waals surface area contributed by atoms with E-state index in [1.807, 2.05) is 36.4 Å². The Hall–Kier alpha value is -2.61. The van der Waals surface area contributed by atoms with E-state index in [0.717, 1.165) is 5.56 Å². The average molecular weight is 254 g/mol. The molecule has 0 saturated carbocycles. The maximum atomic E-state index is 11.7. The number of aromatic nitrogens is 2. The van der Waals surface area contributed by atoms with Crippen LogP contribution < -0.4 is 5.32 Å². The molecule has 2 aromatic rings. The second kappa shape index (κ2) is 6.36. The highest BCUT2D eigenvalue weighted by molar-refractivity contribution is 5.89. The van der Waals surface area contributed by atoms with Crippen LogP contribution in [0.2, 0.25) is 0 Å². The molecule has 2 rings (SSSR count). The SMILES string of the molecule is N#CCn1ccc(NC(=O)CCc2ccccc2)n1.